The lowest BCUT2D eigenvalue weighted by molar-refractivity contribution is 0.142. The minimum absolute atomic E-state index is 0.510. The smallest absolute Gasteiger partial charge is 0.00507 e. The van der Waals surface area contributed by atoms with Gasteiger partial charge in [0.2, 0.25) is 0 Å². The van der Waals surface area contributed by atoms with Crippen molar-refractivity contribution >= 4 is 0 Å². The average molecular weight is 226 g/mol. The van der Waals surface area contributed by atoms with Gasteiger partial charge in [0.25, 0.3) is 0 Å². The number of unbranched alkanes of at least 4 members (excludes halogenated alkanes) is 2. The van der Waals surface area contributed by atoms with Crippen LogP contribution in [0.15, 0.2) is 0 Å². The van der Waals surface area contributed by atoms with Gasteiger partial charge in [0.05, 0.1) is 0 Å². The van der Waals surface area contributed by atoms with Crippen molar-refractivity contribution in [3.05, 3.63) is 0 Å². The van der Waals surface area contributed by atoms with Gasteiger partial charge >= 0.3 is 0 Å². The fourth-order valence-corrected chi connectivity index (χ4v) is 2.58. The highest BCUT2D eigenvalue weighted by molar-refractivity contribution is 4.87. The van der Waals surface area contributed by atoms with Crippen molar-refractivity contribution in [2.75, 3.05) is 26.2 Å². The van der Waals surface area contributed by atoms with Gasteiger partial charge in [0.1, 0.15) is 0 Å². The molecular weight excluding hydrogens is 196 g/mol. The van der Waals surface area contributed by atoms with Crippen LogP contribution in [0.4, 0.5) is 0 Å². The zero-order valence-corrected chi connectivity index (χ0v) is 11.7. The van der Waals surface area contributed by atoms with Crippen molar-refractivity contribution in [3.8, 4) is 0 Å². The summed E-state index contributed by atoms with van der Waals surface area (Å²) >= 11 is 0. The van der Waals surface area contributed by atoms with E-state index in [4.69, 9.17) is 0 Å². The summed E-state index contributed by atoms with van der Waals surface area (Å²) in [6.07, 6.45) is 5.39. The van der Waals surface area contributed by atoms with E-state index in [1.54, 1.807) is 0 Å². The van der Waals surface area contributed by atoms with Crippen LogP contribution in [0.5, 0.6) is 0 Å². The molecule has 1 heterocycles. The molecule has 0 spiro atoms. The van der Waals surface area contributed by atoms with Crippen LogP contribution in [-0.2, 0) is 0 Å². The molecule has 0 aliphatic carbocycles. The van der Waals surface area contributed by atoms with Crippen LogP contribution >= 0.6 is 0 Å². The summed E-state index contributed by atoms with van der Waals surface area (Å²) in [6, 6.07) is 0.689. The van der Waals surface area contributed by atoms with E-state index < -0.39 is 0 Å². The lowest BCUT2D eigenvalue weighted by atomic mass is 9.88. The normalized spacial score (nSPS) is 25.9. The molecule has 1 N–H and O–H groups in total. The molecule has 96 valence electrons. The molecule has 0 bridgehead atoms. The molecule has 16 heavy (non-hydrogen) atoms. The molecule has 1 aliphatic heterocycles. The molecule has 1 saturated heterocycles. The molecule has 1 atom stereocenters. The Balaban J connectivity index is 2.37. The van der Waals surface area contributed by atoms with E-state index in [1.807, 2.05) is 0 Å². The van der Waals surface area contributed by atoms with Crippen molar-refractivity contribution in [1.82, 2.24) is 10.2 Å². The van der Waals surface area contributed by atoms with Crippen molar-refractivity contribution in [1.29, 1.82) is 0 Å². The first-order valence-electron chi connectivity index (χ1n) is 7.02. The van der Waals surface area contributed by atoms with E-state index in [9.17, 15) is 0 Å². The molecule has 2 heteroatoms. The molecule has 0 aromatic heterocycles. The van der Waals surface area contributed by atoms with Crippen LogP contribution in [0.1, 0.15) is 53.4 Å². The molecule has 0 radical (unpaired) electrons. The summed E-state index contributed by atoms with van der Waals surface area (Å²) in [7, 11) is 0. The maximum Gasteiger partial charge on any atom is 0.00507 e. The van der Waals surface area contributed by atoms with E-state index in [2.05, 4.69) is 37.9 Å². The highest BCUT2D eigenvalue weighted by Crippen LogP contribution is 2.26. The van der Waals surface area contributed by atoms with Crippen molar-refractivity contribution < 1.29 is 0 Å². The summed E-state index contributed by atoms with van der Waals surface area (Å²) in [5, 5.41) is 3.50. The Morgan fingerprint density at radius 3 is 2.56 bits per heavy atom. The molecule has 1 aliphatic rings. The molecule has 1 fully saturated rings. The number of rotatable bonds is 7. The first kappa shape index (κ1) is 14.0. The predicted molar refractivity (Wildman–Crippen MR) is 71.8 cm³/mol. The monoisotopic (exact) mass is 226 g/mol. The molecule has 0 aromatic rings. The first-order chi connectivity index (χ1) is 7.57. The van der Waals surface area contributed by atoms with Crippen molar-refractivity contribution in [2.24, 2.45) is 5.41 Å². The average Bonchev–Trinajstić information content (AvgIpc) is 2.64. The van der Waals surface area contributed by atoms with Gasteiger partial charge in [-0.3, -0.25) is 0 Å². The molecule has 0 saturated carbocycles. The number of hydrogen-bond acceptors (Lipinski definition) is 2. The zero-order valence-electron chi connectivity index (χ0n) is 11.7. The Hall–Kier alpha value is -0.0800. The van der Waals surface area contributed by atoms with Crippen LogP contribution in [0, 0.1) is 5.41 Å². The number of nitrogens with zero attached hydrogens (tertiary/aromatic N) is 1. The quantitative estimate of drug-likeness (QED) is 0.672. The van der Waals surface area contributed by atoms with Gasteiger partial charge in [-0.1, -0.05) is 26.7 Å². The molecule has 0 amide bonds. The maximum atomic E-state index is 3.50. The summed E-state index contributed by atoms with van der Waals surface area (Å²) in [5.74, 6) is 0. The van der Waals surface area contributed by atoms with E-state index in [0.29, 0.717) is 11.5 Å². The summed E-state index contributed by atoms with van der Waals surface area (Å²) in [5.41, 5.74) is 0.510. The largest absolute Gasteiger partial charge is 0.316 e. The molecule has 1 rings (SSSR count). The SMILES string of the molecule is CCCCCN(CC1(C)CCNC1)C(C)C. The van der Waals surface area contributed by atoms with Gasteiger partial charge in [-0.25, -0.2) is 0 Å². The van der Waals surface area contributed by atoms with E-state index in [-0.39, 0.29) is 0 Å². The number of nitrogens with one attached hydrogen (secondary N) is 1. The van der Waals surface area contributed by atoms with E-state index >= 15 is 0 Å². The van der Waals surface area contributed by atoms with Gasteiger partial charge in [0, 0.05) is 19.1 Å². The van der Waals surface area contributed by atoms with Crippen LogP contribution < -0.4 is 5.32 Å². The van der Waals surface area contributed by atoms with Gasteiger partial charge in [-0.05, 0) is 45.2 Å². The second kappa shape index (κ2) is 6.61. The predicted octanol–water partition coefficient (Wildman–Crippen LogP) is 2.89. The van der Waals surface area contributed by atoms with Gasteiger partial charge in [-0.15, -0.1) is 0 Å². The standard InChI is InChI=1S/C14H30N2/c1-5-6-7-10-16(13(2)3)12-14(4)8-9-15-11-14/h13,15H,5-12H2,1-4H3. The summed E-state index contributed by atoms with van der Waals surface area (Å²) in [6.45, 7) is 14.3. The fraction of sp³-hybridized carbons (Fsp3) is 1.00. The van der Waals surface area contributed by atoms with Crippen molar-refractivity contribution in [3.63, 3.8) is 0 Å². The Morgan fingerprint density at radius 1 is 1.31 bits per heavy atom. The number of hydrogen-bond donors (Lipinski definition) is 1. The minimum Gasteiger partial charge on any atom is -0.316 e. The highest BCUT2D eigenvalue weighted by Gasteiger charge is 2.31. The molecule has 0 aromatic carbocycles. The Kier molecular flexibility index (Phi) is 5.77. The topological polar surface area (TPSA) is 15.3 Å². The van der Waals surface area contributed by atoms with E-state index in [0.717, 1.165) is 0 Å². The lowest BCUT2D eigenvalue weighted by Gasteiger charge is -2.34. The van der Waals surface area contributed by atoms with Gasteiger partial charge in [-0.2, -0.15) is 0 Å². The second-order valence-electron chi connectivity index (χ2n) is 6.01. The van der Waals surface area contributed by atoms with Gasteiger partial charge in [0.15, 0.2) is 0 Å². The van der Waals surface area contributed by atoms with Crippen LogP contribution in [-0.4, -0.2) is 37.1 Å². The summed E-state index contributed by atoms with van der Waals surface area (Å²) in [4.78, 5) is 2.67. The molecular formula is C14H30N2. The minimum atomic E-state index is 0.510. The van der Waals surface area contributed by atoms with Crippen LogP contribution in [0.25, 0.3) is 0 Å². The van der Waals surface area contributed by atoms with Crippen molar-refractivity contribution in [2.45, 2.75) is 59.4 Å². The van der Waals surface area contributed by atoms with Crippen LogP contribution in [0.3, 0.4) is 0 Å². The third-order valence-corrected chi connectivity index (χ3v) is 3.82. The summed E-state index contributed by atoms with van der Waals surface area (Å²) < 4.78 is 0. The van der Waals surface area contributed by atoms with Gasteiger partial charge < -0.3 is 10.2 Å². The Morgan fingerprint density at radius 2 is 2.06 bits per heavy atom. The molecule has 1 unspecified atom stereocenters. The first-order valence-corrected chi connectivity index (χ1v) is 7.02. The Labute approximate surface area is 102 Å². The molecule has 2 nitrogen and oxygen atoms in total. The second-order valence-corrected chi connectivity index (χ2v) is 6.01. The third kappa shape index (κ3) is 4.42. The Bertz CT molecular complexity index is 183. The highest BCUT2D eigenvalue weighted by atomic mass is 15.2. The van der Waals surface area contributed by atoms with Crippen LogP contribution in [0.2, 0.25) is 0 Å². The zero-order chi connectivity index (χ0) is 12.0. The third-order valence-electron chi connectivity index (χ3n) is 3.82. The lowest BCUT2D eigenvalue weighted by Crippen LogP contribution is -2.41. The fourth-order valence-electron chi connectivity index (χ4n) is 2.58. The maximum absolute atomic E-state index is 3.50. The van der Waals surface area contributed by atoms with E-state index in [1.165, 1.54) is 51.9 Å².